The van der Waals surface area contributed by atoms with E-state index in [0.29, 0.717) is 41.4 Å². The Hall–Kier alpha value is -4.37. The number of carboxylic acids is 1. The van der Waals surface area contributed by atoms with Crippen molar-refractivity contribution in [2.75, 3.05) is 11.0 Å². The minimum Gasteiger partial charge on any atom is -0.477 e. The Kier molecular flexibility index (Phi) is 7.88. The van der Waals surface area contributed by atoms with E-state index in [4.69, 9.17) is 5.73 Å². The Morgan fingerprint density at radius 1 is 1.18 bits per heavy atom. The molecule has 1 heterocycles. The van der Waals surface area contributed by atoms with Crippen molar-refractivity contribution in [1.82, 2.24) is 9.88 Å². The first-order chi connectivity index (χ1) is 18.9. The van der Waals surface area contributed by atoms with Gasteiger partial charge in [-0.1, -0.05) is 43.2 Å². The largest absolute Gasteiger partial charge is 0.477 e. The van der Waals surface area contributed by atoms with Crippen LogP contribution in [-0.2, 0) is 38.5 Å². The summed E-state index contributed by atoms with van der Waals surface area (Å²) in [5.74, 6) is -3.55. The van der Waals surface area contributed by atoms with E-state index < -0.39 is 45.2 Å². The molecule has 4 rings (SSSR count). The zero-order valence-corrected chi connectivity index (χ0v) is 23.0. The number of aromatic nitrogens is 1. The van der Waals surface area contributed by atoms with E-state index >= 15 is 0 Å². The Morgan fingerprint density at radius 2 is 1.85 bits per heavy atom. The van der Waals surface area contributed by atoms with Crippen molar-refractivity contribution < 1.29 is 27.9 Å². The van der Waals surface area contributed by atoms with Crippen molar-refractivity contribution in [2.45, 2.75) is 43.6 Å². The van der Waals surface area contributed by atoms with Crippen LogP contribution in [0.25, 0.3) is 10.9 Å². The normalized spacial score (nSPS) is 19.9. The van der Waals surface area contributed by atoms with E-state index in [9.17, 15) is 33.2 Å². The molecule has 0 saturated heterocycles. The zero-order valence-electron chi connectivity index (χ0n) is 22.2. The van der Waals surface area contributed by atoms with Gasteiger partial charge in [-0.3, -0.25) is 14.3 Å². The number of nitrogens with two attached hydrogens (primary N) is 1. The topological polar surface area (TPSA) is 184 Å². The Morgan fingerprint density at radius 3 is 2.45 bits per heavy atom. The van der Waals surface area contributed by atoms with Gasteiger partial charge in [0.2, 0.25) is 21.8 Å². The summed E-state index contributed by atoms with van der Waals surface area (Å²) < 4.78 is 26.8. The molecular weight excluding hydrogens is 534 g/mol. The van der Waals surface area contributed by atoms with Gasteiger partial charge in [0.15, 0.2) is 0 Å². The average molecular weight is 566 g/mol. The number of sulfonamides is 1. The molecule has 0 spiro atoms. The van der Waals surface area contributed by atoms with Crippen LogP contribution in [0, 0.1) is 17.2 Å². The number of carboxylic acid groups (broad SMARTS) is 1. The van der Waals surface area contributed by atoms with Crippen molar-refractivity contribution in [1.29, 1.82) is 5.26 Å². The quantitative estimate of drug-likeness (QED) is 0.307. The molecule has 5 N–H and O–H groups in total. The van der Waals surface area contributed by atoms with Crippen LogP contribution in [0.5, 0.6) is 0 Å². The zero-order chi connectivity index (χ0) is 29.2. The molecule has 0 bridgehead atoms. The number of benzene rings is 2. The predicted octanol–water partition coefficient (Wildman–Crippen LogP) is 2.41. The lowest BCUT2D eigenvalue weighted by Crippen LogP contribution is -2.56. The van der Waals surface area contributed by atoms with Gasteiger partial charge in [0.25, 0.3) is 0 Å². The predicted molar refractivity (Wildman–Crippen MR) is 149 cm³/mol. The van der Waals surface area contributed by atoms with Crippen LogP contribution < -0.4 is 15.8 Å². The highest BCUT2D eigenvalue weighted by Gasteiger charge is 2.54. The first-order valence-electron chi connectivity index (χ1n) is 12.8. The number of nitrogens with one attached hydrogen (secondary N) is 2. The third-order valence-corrected chi connectivity index (χ3v) is 8.20. The number of anilines is 1. The van der Waals surface area contributed by atoms with Crippen molar-refractivity contribution in [2.24, 2.45) is 18.7 Å². The maximum Gasteiger partial charge on any atom is 0.352 e. The molecule has 1 saturated carbocycles. The lowest BCUT2D eigenvalue weighted by atomic mass is 9.60. The highest BCUT2D eigenvalue weighted by atomic mass is 32.2. The van der Waals surface area contributed by atoms with Gasteiger partial charge in [0.1, 0.15) is 11.7 Å². The van der Waals surface area contributed by atoms with Gasteiger partial charge in [-0.05, 0) is 36.6 Å². The number of hydrogen-bond donors (Lipinski definition) is 4. The number of aryl methyl sites for hydroxylation is 1. The van der Waals surface area contributed by atoms with Crippen LogP contribution in [0.15, 0.2) is 48.5 Å². The Balaban J connectivity index is 1.69. The second kappa shape index (κ2) is 11.0. The van der Waals surface area contributed by atoms with Gasteiger partial charge in [-0.15, -0.1) is 0 Å². The fourth-order valence-electron chi connectivity index (χ4n) is 5.90. The van der Waals surface area contributed by atoms with Gasteiger partial charge < -0.3 is 20.7 Å². The molecule has 3 aromatic rings. The molecule has 1 fully saturated rings. The van der Waals surface area contributed by atoms with Gasteiger partial charge in [0, 0.05) is 35.6 Å². The van der Waals surface area contributed by atoms with E-state index in [2.05, 4.69) is 16.1 Å². The lowest BCUT2D eigenvalue weighted by molar-refractivity contribution is -0.137. The SMILES string of the molecule is Cn1c(C(=O)O)c([C@]2(C(N)=O)CCCC[C@H]2C(=O)NC(C#N)Cc2ccc(NS(C)(=O)=O)cc2)c2ccccc21. The highest BCUT2D eigenvalue weighted by molar-refractivity contribution is 7.92. The summed E-state index contributed by atoms with van der Waals surface area (Å²) in [5.41, 5.74) is 6.23. The number of amides is 2. The molecule has 40 heavy (non-hydrogen) atoms. The number of nitrogens with zero attached hydrogens (tertiary/aromatic N) is 2. The molecule has 12 heteroatoms. The van der Waals surface area contributed by atoms with Gasteiger partial charge >= 0.3 is 5.97 Å². The fraction of sp³-hybridized carbons (Fsp3) is 0.357. The number of aromatic carboxylic acids is 1. The van der Waals surface area contributed by atoms with Crippen LogP contribution >= 0.6 is 0 Å². The monoisotopic (exact) mass is 565 g/mol. The number of rotatable bonds is 9. The van der Waals surface area contributed by atoms with Crippen molar-refractivity contribution in [3.05, 3.63) is 65.4 Å². The second-order valence-electron chi connectivity index (χ2n) is 10.2. The molecule has 0 radical (unpaired) electrons. The first-order valence-corrected chi connectivity index (χ1v) is 14.7. The maximum absolute atomic E-state index is 13.8. The molecule has 1 unspecified atom stereocenters. The highest BCUT2D eigenvalue weighted by Crippen LogP contribution is 2.48. The van der Waals surface area contributed by atoms with Gasteiger partial charge in [-0.25, -0.2) is 13.2 Å². The average Bonchev–Trinajstić information content (AvgIpc) is 3.21. The maximum atomic E-state index is 13.8. The summed E-state index contributed by atoms with van der Waals surface area (Å²) in [4.78, 5) is 39.6. The summed E-state index contributed by atoms with van der Waals surface area (Å²) in [6.07, 6.45) is 2.86. The Bertz CT molecular complexity index is 1620. The molecule has 210 valence electrons. The molecular formula is C28H31N5O6S. The number of primary amides is 1. The third-order valence-electron chi connectivity index (χ3n) is 7.59. The van der Waals surface area contributed by atoms with Crippen LogP contribution in [0.2, 0.25) is 0 Å². The van der Waals surface area contributed by atoms with E-state index in [1.54, 1.807) is 55.6 Å². The van der Waals surface area contributed by atoms with Crippen molar-refractivity contribution >= 4 is 44.4 Å². The van der Waals surface area contributed by atoms with Crippen LogP contribution in [0.1, 0.15) is 47.3 Å². The molecule has 2 amide bonds. The number of carbonyl (C=O) groups excluding carboxylic acids is 2. The van der Waals surface area contributed by atoms with E-state index in [1.807, 2.05) is 0 Å². The van der Waals surface area contributed by atoms with E-state index in [-0.39, 0.29) is 24.1 Å². The molecule has 0 aliphatic heterocycles. The van der Waals surface area contributed by atoms with Crippen LogP contribution in [-0.4, -0.2) is 48.2 Å². The van der Waals surface area contributed by atoms with Crippen LogP contribution in [0.3, 0.4) is 0 Å². The number of fused-ring (bicyclic) bond motifs is 1. The fourth-order valence-corrected chi connectivity index (χ4v) is 6.46. The van der Waals surface area contributed by atoms with Crippen molar-refractivity contribution in [3.63, 3.8) is 0 Å². The lowest BCUT2D eigenvalue weighted by Gasteiger charge is -2.41. The summed E-state index contributed by atoms with van der Waals surface area (Å²) in [6, 6.07) is 14.5. The van der Waals surface area contributed by atoms with Gasteiger partial charge in [0.05, 0.1) is 23.7 Å². The number of para-hydroxylation sites is 1. The molecule has 2 aromatic carbocycles. The third kappa shape index (κ3) is 5.37. The summed E-state index contributed by atoms with van der Waals surface area (Å²) >= 11 is 0. The van der Waals surface area contributed by atoms with Crippen LogP contribution in [0.4, 0.5) is 5.69 Å². The second-order valence-corrected chi connectivity index (χ2v) is 12.0. The minimum absolute atomic E-state index is 0.0978. The molecule has 11 nitrogen and oxygen atoms in total. The summed E-state index contributed by atoms with van der Waals surface area (Å²) in [6.45, 7) is 0. The minimum atomic E-state index is -3.44. The first kappa shape index (κ1) is 28.6. The molecule has 3 atom stereocenters. The van der Waals surface area contributed by atoms with Gasteiger partial charge in [-0.2, -0.15) is 5.26 Å². The molecule has 1 aromatic heterocycles. The molecule has 1 aliphatic rings. The summed E-state index contributed by atoms with van der Waals surface area (Å²) in [7, 11) is -1.84. The number of carbonyl (C=O) groups is 3. The number of nitriles is 1. The van der Waals surface area contributed by atoms with Crippen molar-refractivity contribution in [3.8, 4) is 6.07 Å². The number of hydrogen-bond acceptors (Lipinski definition) is 6. The smallest absolute Gasteiger partial charge is 0.352 e. The Labute approximate surface area is 232 Å². The standard InChI is InChI=1S/C28H31N5O6S/c1-33-22-9-4-3-7-20(22)23(24(33)26(35)36)28(27(30)37)14-6-5-8-21(28)25(34)31-19(16-29)15-17-10-12-18(13-11-17)32-40(2,38)39/h3-4,7,9-13,19,21,32H,5-6,8,14-15H2,1-2H3,(H2,30,37)(H,31,34)(H,35,36)/t19?,21-,28-/m0/s1. The van der Waals surface area contributed by atoms with E-state index in [0.717, 1.165) is 6.26 Å². The molecule has 1 aliphatic carbocycles. The summed E-state index contributed by atoms with van der Waals surface area (Å²) in [5, 5.41) is 23.3. The van der Waals surface area contributed by atoms with E-state index in [1.165, 1.54) is 4.57 Å².